The molecule has 1 aromatic carbocycles. The molecule has 0 heterocycles. The van der Waals surface area contributed by atoms with Crippen LogP contribution in [0.25, 0.3) is 0 Å². The van der Waals surface area contributed by atoms with Crippen LogP contribution in [-0.2, 0) is 27.2 Å². The standard InChI is InChI=1S/C20H27F3O3S/c1-3-14(2)27(25,26)13-16-4-8-17(9-5-16)19(24)12-15-6-10-18(11-7-15)20(21,22)23/h6-7,10-11,14,16-17H,3-5,8-9,12-13H2,1-2H3. The van der Waals surface area contributed by atoms with Gasteiger partial charge in [0.15, 0.2) is 9.84 Å². The molecule has 3 nitrogen and oxygen atoms in total. The first-order chi connectivity index (χ1) is 12.5. The Labute approximate surface area is 159 Å². The number of benzene rings is 1. The molecule has 7 heteroatoms. The zero-order chi connectivity index (χ0) is 20.2. The largest absolute Gasteiger partial charge is 0.416 e. The number of alkyl halides is 3. The van der Waals surface area contributed by atoms with Crippen molar-refractivity contribution in [2.45, 2.75) is 63.8 Å². The first kappa shape index (κ1) is 21.9. The summed E-state index contributed by atoms with van der Waals surface area (Å²) >= 11 is 0. The summed E-state index contributed by atoms with van der Waals surface area (Å²) < 4.78 is 62.2. The molecule has 0 saturated heterocycles. The highest BCUT2D eigenvalue weighted by atomic mass is 32.2. The van der Waals surface area contributed by atoms with Gasteiger partial charge in [0, 0.05) is 12.3 Å². The smallest absolute Gasteiger partial charge is 0.299 e. The van der Waals surface area contributed by atoms with Crippen LogP contribution in [0.3, 0.4) is 0 Å². The normalized spacial score (nSPS) is 22.4. The molecule has 1 aromatic rings. The summed E-state index contributed by atoms with van der Waals surface area (Å²) in [5.74, 6) is 0.175. The molecule has 0 aromatic heterocycles. The van der Waals surface area contributed by atoms with E-state index in [0.29, 0.717) is 37.7 Å². The van der Waals surface area contributed by atoms with Crippen LogP contribution in [0.2, 0.25) is 0 Å². The summed E-state index contributed by atoms with van der Waals surface area (Å²) in [5, 5.41) is -0.337. The highest BCUT2D eigenvalue weighted by Crippen LogP contribution is 2.32. The van der Waals surface area contributed by atoms with Gasteiger partial charge in [0.2, 0.25) is 0 Å². The number of rotatable bonds is 7. The second-order valence-electron chi connectivity index (χ2n) is 7.60. The molecular weight excluding hydrogens is 377 g/mol. The summed E-state index contributed by atoms with van der Waals surface area (Å²) in [6.07, 6.45) is -0.934. The Hall–Kier alpha value is -1.37. The van der Waals surface area contributed by atoms with E-state index in [1.165, 1.54) is 12.1 Å². The van der Waals surface area contributed by atoms with Gasteiger partial charge in [0.25, 0.3) is 0 Å². The highest BCUT2D eigenvalue weighted by Gasteiger charge is 2.32. The number of carbonyl (C=O) groups excluding carboxylic acids is 1. The van der Waals surface area contributed by atoms with Crippen molar-refractivity contribution >= 4 is 15.6 Å². The van der Waals surface area contributed by atoms with Crippen molar-refractivity contribution in [3.8, 4) is 0 Å². The van der Waals surface area contributed by atoms with Gasteiger partial charge in [0.05, 0.1) is 16.6 Å². The number of hydrogen-bond donors (Lipinski definition) is 0. The van der Waals surface area contributed by atoms with Crippen molar-refractivity contribution in [1.82, 2.24) is 0 Å². The van der Waals surface area contributed by atoms with Crippen LogP contribution in [0.4, 0.5) is 13.2 Å². The van der Waals surface area contributed by atoms with Gasteiger partial charge in [-0.15, -0.1) is 0 Å². The Balaban J connectivity index is 1.86. The fourth-order valence-electron chi connectivity index (χ4n) is 3.55. The summed E-state index contributed by atoms with van der Waals surface area (Å²) in [4.78, 5) is 12.5. The van der Waals surface area contributed by atoms with Crippen molar-refractivity contribution in [3.63, 3.8) is 0 Å². The maximum Gasteiger partial charge on any atom is 0.416 e. The molecule has 1 unspecified atom stereocenters. The second-order valence-corrected chi connectivity index (χ2v) is 10.1. The van der Waals surface area contributed by atoms with E-state index in [9.17, 15) is 26.4 Å². The first-order valence-corrected chi connectivity index (χ1v) is 11.1. The first-order valence-electron chi connectivity index (χ1n) is 9.43. The van der Waals surface area contributed by atoms with E-state index in [0.717, 1.165) is 12.1 Å². The molecule has 27 heavy (non-hydrogen) atoms. The highest BCUT2D eigenvalue weighted by molar-refractivity contribution is 7.92. The lowest BCUT2D eigenvalue weighted by atomic mass is 9.79. The Morgan fingerprint density at radius 3 is 2.15 bits per heavy atom. The predicted octanol–water partition coefficient (Wildman–Crippen LogP) is 4.84. The molecule has 1 atom stereocenters. The fourth-order valence-corrected chi connectivity index (χ4v) is 5.38. The second kappa shape index (κ2) is 8.76. The SMILES string of the molecule is CCC(C)S(=O)(=O)CC1CCC(C(=O)Cc2ccc(C(F)(F)F)cc2)CC1. The Bertz CT molecular complexity index is 731. The molecule has 152 valence electrons. The number of ketones is 1. The molecule has 1 aliphatic rings. The van der Waals surface area contributed by atoms with Gasteiger partial charge in [0.1, 0.15) is 5.78 Å². The minimum Gasteiger partial charge on any atom is -0.299 e. The van der Waals surface area contributed by atoms with E-state index >= 15 is 0 Å². The molecule has 0 aliphatic heterocycles. The van der Waals surface area contributed by atoms with Gasteiger partial charge in [-0.25, -0.2) is 8.42 Å². The quantitative estimate of drug-likeness (QED) is 0.654. The lowest BCUT2D eigenvalue weighted by Gasteiger charge is -2.28. The zero-order valence-electron chi connectivity index (χ0n) is 15.8. The molecule has 0 N–H and O–H groups in total. The van der Waals surface area contributed by atoms with E-state index in [4.69, 9.17) is 0 Å². The van der Waals surface area contributed by atoms with E-state index in [2.05, 4.69) is 0 Å². The average molecular weight is 404 g/mol. The molecule has 2 rings (SSSR count). The minimum atomic E-state index is -4.38. The van der Waals surface area contributed by atoms with Crippen molar-refractivity contribution in [3.05, 3.63) is 35.4 Å². The van der Waals surface area contributed by atoms with Crippen molar-refractivity contribution in [2.24, 2.45) is 11.8 Å². The third-order valence-electron chi connectivity index (χ3n) is 5.62. The number of sulfone groups is 1. The lowest BCUT2D eigenvalue weighted by Crippen LogP contribution is -2.30. The average Bonchev–Trinajstić information content (AvgIpc) is 2.60. The van der Waals surface area contributed by atoms with Crippen molar-refractivity contribution in [1.29, 1.82) is 0 Å². The van der Waals surface area contributed by atoms with Gasteiger partial charge >= 0.3 is 6.18 Å². The van der Waals surface area contributed by atoms with E-state index in [1.54, 1.807) is 6.92 Å². The van der Waals surface area contributed by atoms with Gasteiger partial charge < -0.3 is 0 Å². The van der Waals surface area contributed by atoms with E-state index in [-0.39, 0.29) is 35.0 Å². The maximum absolute atomic E-state index is 12.6. The molecule has 0 radical (unpaired) electrons. The Morgan fingerprint density at radius 1 is 1.11 bits per heavy atom. The van der Waals surface area contributed by atoms with E-state index in [1.807, 2.05) is 6.92 Å². The third-order valence-corrected chi connectivity index (χ3v) is 8.11. The van der Waals surface area contributed by atoms with Crippen LogP contribution in [0.1, 0.15) is 57.1 Å². The predicted molar refractivity (Wildman–Crippen MR) is 99.1 cm³/mol. The lowest BCUT2D eigenvalue weighted by molar-refractivity contribution is -0.137. The third kappa shape index (κ3) is 6.06. The van der Waals surface area contributed by atoms with Gasteiger partial charge in [-0.3, -0.25) is 4.79 Å². The zero-order valence-corrected chi connectivity index (χ0v) is 16.6. The van der Waals surface area contributed by atoms with Crippen LogP contribution in [0, 0.1) is 11.8 Å². The topological polar surface area (TPSA) is 51.2 Å². The molecule has 0 spiro atoms. The van der Waals surface area contributed by atoms with Crippen molar-refractivity contribution < 1.29 is 26.4 Å². The van der Waals surface area contributed by atoms with Crippen LogP contribution >= 0.6 is 0 Å². The van der Waals surface area contributed by atoms with Gasteiger partial charge in [-0.05, 0) is 62.6 Å². The van der Waals surface area contributed by atoms with Crippen LogP contribution in [-0.4, -0.2) is 25.2 Å². The number of Topliss-reactive ketones (excluding diaryl/α,β-unsaturated/α-hetero) is 1. The Kier molecular flexibility index (Phi) is 7.11. The molecule has 0 amide bonds. The van der Waals surface area contributed by atoms with Crippen LogP contribution in [0.15, 0.2) is 24.3 Å². The molecule has 1 aliphatic carbocycles. The maximum atomic E-state index is 12.6. The summed E-state index contributed by atoms with van der Waals surface area (Å²) in [6.45, 7) is 3.59. The van der Waals surface area contributed by atoms with Gasteiger partial charge in [-0.2, -0.15) is 13.2 Å². The number of halogens is 3. The van der Waals surface area contributed by atoms with E-state index < -0.39 is 21.6 Å². The number of hydrogen-bond acceptors (Lipinski definition) is 3. The minimum absolute atomic E-state index is 0.0259. The number of carbonyl (C=O) groups is 1. The summed E-state index contributed by atoms with van der Waals surface area (Å²) in [5.41, 5.74) is -0.142. The Morgan fingerprint density at radius 2 is 1.67 bits per heavy atom. The molecular formula is C20H27F3O3S. The van der Waals surface area contributed by atoms with Crippen LogP contribution in [0.5, 0.6) is 0 Å². The summed E-state index contributed by atoms with van der Waals surface area (Å²) in [6, 6.07) is 4.70. The van der Waals surface area contributed by atoms with Gasteiger partial charge in [-0.1, -0.05) is 19.1 Å². The molecule has 1 saturated carbocycles. The molecule has 0 bridgehead atoms. The fraction of sp³-hybridized carbons (Fsp3) is 0.650. The van der Waals surface area contributed by atoms with Crippen LogP contribution < -0.4 is 0 Å². The van der Waals surface area contributed by atoms with Crippen molar-refractivity contribution in [2.75, 3.05) is 5.75 Å². The molecule has 1 fully saturated rings. The monoisotopic (exact) mass is 404 g/mol. The summed E-state index contributed by atoms with van der Waals surface area (Å²) in [7, 11) is -3.09.